The smallest absolute Gasteiger partial charge is 0.254 e. The Labute approximate surface area is 193 Å². The van der Waals surface area contributed by atoms with Crippen LogP contribution in [0.1, 0.15) is 36.7 Å². The van der Waals surface area contributed by atoms with Crippen LogP contribution in [0, 0.1) is 0 Å². The van der Waals surface area contributed by atoms with Crippen molar-refractivity contribution >= 4 is 29.1 Å². The van der Waals surface area contributed by atoms with E-state index in [-0.39, 0.29) is 17.1 Å². The van der Waals surface area contributed by atoms with Gasteiger partial charge in [-0.2, -0.15) is 0 Å². The minimum absolute atomic E-state index is 0.288. The van der Waals surface area contributed by atoms with Crippen molar-refractivity contribution in [1.82, 2.24) is 10.3 Å². The number of hydrogen-bond donors (Lipinski definition) is 2. The zero-order valence-corrected chi connectivity index (χ0v) is 19.6. The van der Waals surface area contributed by atoms with Crippen LogP contribution in [0.2, 0.25) is 10.0 Å². The van der Waals surface area contributed by atoms with E-state index < -0.39 is 0 Å². The van der Waals surface area contributed by atoms with Gasteiger partial charge in [0.2, 0.25) is 5.88 Å². The number of halogens is 2. The molecule has 0 bridgehead atoms. The summed E-state index contributed by atoms with van der Waals surface area (Å²) in [5.74, 6) is 0.283. The summed E-state index contributed by atoms with van der Waals surface area (Å²) in [5.41, 5.74) is 7.49. The molecule has 0 unspecified atom stereocenters. The van der Waals surface area contributed by atoms with E-state index in [4.69, 9.17) is 27.9 Å². The minimum Gasteiger partial charge on any atom is -0.472 e. The van der Waals surface area contributed by atoms with Gasteiger partial charge >= 0.3 is 0 Å². The highest BCUT2D eigenvalue weighted by Gasteiger charge is 2.15. The average molecular weight is 460 g/mol. The van der Waals surface area contributed by atoms with Gasteiger partial charge in [0.15, 0.2) is 0 Å². The molecule has 3 aromatic rings. The first kappa shape index (κ1) is 24.7. The molecule has 2 aromatic carbocycles. The number of nitrogens with zero attached hydrogens (tertiary/aromatic N) is 1. The topological polar surface area (TPSA) is 77.2 Å². The summed E-state index contributed by atoms with van der Waals surface area (Å²) in [6.45, 7) is 6.33. The summed E-state index contributed by atoms with van der Waals surface area (Å²) in [6, 6.07) is 16.8. The molecule has 0 saturated heterocycles. The second-order valence-corrected chi connectivity index (χ2v) is 8.39. The van der Waals surface area contributed by atoms with Crippen LogP contribution in [-0.4, -0.2) is 23.5 Å². The number of nitrogens with one attached hydrogen (secondary N) is 1. The number of pyridine rings is 1. The van der Waals surface area contributed by atoms with E-state index in [1.54, 1.807) is 24.4 Å². The molecule has 0 aliphatic rings. The second kappa shape index (κ2) is 11.1. The van der Waals surface area contributed by atoms with Crippen molar-refractivity contribution in [2.24, 2.45) is 5.73 Å². The minimum atomic E-state index is -0.307. The highest BCUT2D eigenvalue weighted by molar-refractivity contribution is 6.39. The molecule has 0 aliphatic heterocycles. The van der Waals surface area contributed by atoms with Gasteiger partial charge in [0.25, 0.3) is 5.91 Å². The summed E-state index contributed by atoms with van der Waals surface area (Å²) < 4.78 is 5.83. The Balaban J connectivity index is 0.00000166. The fourth-order valence-electron chi connectivity index (χ4n) is 2.76. The van der Waals surface area contributed by atoms with Crippen LogP contribution in [0.5, 0.6) is 5.88 Å². The SMILES string of the molecule is CC(C)(C)Oc1cc(-c2ccc(CNC(=O)c3c(Cl)cccc3Cl)cc2)ccn1.CN. The maximum Gasteiger partial charge on any atom is 0.254 e. The first-order chi connectivity index (χ1) is 14.7. The summed E-state index contributed by atoms with van der Waals surface area (Å²) in [6.07, 6.45) is 1.73. The van der Waals surface area contributed by atoms with Crippen molar-refractivity contribution < 1.29 is 9.53 Å². The Morgan fingerprint density at radius 3 is 2.19 bits per heavy atom. The molecular weight excluding hydrogens is 433 g/mol. The number of ether oxygens (including phenoxy) is 1. The first-order valence-electron chi connectivity index (χ1n) is 9.77. The van der Waals surface area contributed by atoms with Gasteiger partial charge in [0.1, 0.15) is 5.60 Å². The van der Waals surface area contributed by atoms with Crippen molar-refractivity contribution in [1.29, 1.82) is 0 Å². The maximum atomic E-state index is 12.4. The zero-order valence-electron chi connectivity index (χ0n) is 18.1. The fourth-order valence-corrected chi connectivity index (χ4v) is 3.33. The number of aromatic nitrogens is 1. The molecule has 1 heterocycles. The van der Waals surface area contributed by atoms with Gasteiger partial charge in [-0.1, -0.05) is 53.5 Å². The predicted molar refractivity (Wildman–Crippen MR) is 128 cm³/mol. The molecule has 3 N–H and O–H groups in total. The quantitative estimate of drug-likeness (QED) is 0.509. The highest BCUT2D eigenvalue weighted by atomic mass is 35.5. The summed E-state index contributed by atoms with van der Waals surface area (Å²) >= 11 is 12.2. The lowest BCUT2D eigenvalue weighted by molar-refractivity contribution is 0.0951. The molecule has 7 heteroatoms. The number of rotatable bonds is 5. The molecule has 0 radical (unpaired) electrons. The standard InChI is InChI=1S/C23H22Cl2N2O2.CH5N/c1-23(2,3)29-20-13-17(11-12-26-20)16-9-7-15(8-10-16)14-27-22(28)21-18(24)5-4-6-19(21)25;1-2/h4-13H,14H2,1-3H3,(H,27,28);2H2,1H3. The van der Waals surface area contributed by atoms with Crippen molar-refractivity contribution in [3.63, 3.8) is 0 Å². The molecule has 164 valence electrons. The van der Waals surface area contributed by atoms with Crippen LogP contribution in [-0.2, 0) is 6.54 Å². The maximum absolute atomic E-state index is 12.4. The van der Waals surface area contributed by atoms with Gasteiger partial charge in [-0.3, -0.25) is 4.79 Å². The van der Waals surface area contributed by atoms with Crippen LogP contribution in [0.15, 0.2) is 60.8 Å². The van der Waals surface area contributed by atoms with E-state index in [1.165, 1.54) is 7.05 Å². The van der Waals surface area contributed by atoms with E-state index in [2.05, 4.69) is 16.0 Å². The van der Waals surface area contributed by atoms with Gasteiger partial charge in [-0.25, -0.2) is 4.98 Å². The van der Waals surface area contributed by atoms with E-state index in [9.17, 15) is 4.79 Å². The first-order valence-corrected chi connectivity index (χ1v) is 10.5. The van der Waals surface area contributed by atoms with Gasteiger partial charge in [-0.15, -0.1) is 0 Å². The Hall–Kier alpha value is -2.60. The number of benzene rings is 2. The summed E-state index contributed by atoms with van der Waals surface area (Å²) in [4.78, 5) is 16.7. The third-order valence-electron chi connectivity index (χ3n) is 4.08. The van der Waals surface area contributed by atoms with Gasteiger partial charge < -0.3 is 15.8 Å². The Bertz CT molecular complexity index is 996. The molecule has 1 aromatic heterocycles. The summed E-state index contributed by atoms with van der Waals surface area (Å²) in [5, 5.41) is 3.51. The molecule has 1 amide bonds. The number of amides is 1. The molecule has 0 saturated carbocycles. The van der Waals surface area contributed by atoms with Crippen LogP contribution in [0.4, 0.5) is 0 Å². The van der Waals surface area contributed by atoms with Gasteiger partial charge in [0.05, 0.1) is 15.6 Å². The van der Waals surface area contributed by atoms with Crippen molar-refractivity contribution in [2.45, 2.75) is 32.9 Å². The largest absolute Gasteiger partial charge is 0.472 e. The normalized spacial score (nSPS) is 10.7. The lowest BCUT2D eigenvalue weighted by atomic mass is 10.0. The number of carbonyl (C=O) groups is 1. The molecule has 0 spiro atoms. The van der Waals surface area contributed by atoms with Crippen LogP contribution in [0.3, 0.4) is 0 Å². The van der Waals surface area contributed by atoms with Crippen molar-refractivity contribution in [2.75, 3.05) is 7.05 Å². The monoisotopic (exact) mass is 459 g/mol. The third-order valence-corrected chi connectivity index (χ3v) is 4.71. The predicted octanol–water partition coefficient (Wildman–Crippen LogP) is 5.74. The summed E-state index contributed by atoms with van der Waals surface area (Å²) in [7, 11) is 1.50. The van der Waals surface area contributed by atoms with E-state index in [0.29, 0.717) is 22.5 Å². The molecule has 5 nitrogen and oxygen atoms in total. The number of hydrogen-bond acceptors (Lipinski definition) is 4. The highest BCUT2D eigenvalue weighted by Crippen LogP contribution is 2.26. The molecule has 0 atom stereocenters. The van der Waals surface area contributed by atoms with Gasteiger partial charge in [0, 0.05) is 18.8 Å². The van der Waals surface area contributed by atoms with Gasteiger partial charge in [-0.05, 0) is 62.7 Å². The Morgan fingerprint density at radius 2 is 1.61 bits per heavy atom. The Morgan fingerprint density at radius 1 is 1.00 bits per heavy atom. The van der Waals surface area contributed by atoms with Crippen molar-refractivity contribution in [3.05, 3.63) is 82.0 Å². The number of carbonyl (C=O) groups excluding carboxylic acids is 1. The second-order valence-electron chi connectivity index (χ2n) is 7.57. The lowest BCUT2D eigenvalue weighted by Gasteiger charge is -2.20. The Kier molecular flexibility index (Phi) is 8.87. The third kappa shape index (κ3) is 7.24. The van der Waals surface area contributed by atoms with E-state index >= 15 is 0 Å². The van der Waals surface area contributed by atoms with Crippen LogP contribution in [0.25, 0.3) is 11.1 Å². The average Bonchev–Trinajstić information content (AvgIpc) is 2.73. The van der Waals surface area contributed by atoms with Crippen LogP contribution < -0.4 is 15.8 Å². The molecule has 0 fully saturated rings. The van der Waals surface area contributed by atoms with Crippen molar-refractivity contribution in [3.8, 4) is 17.0 Å². The van der Waals surface area contributed by atoms with E-state index in [0.717, 1.165) is 16.7 Å². The zero-order chi connectivity index (χ0) is 23.0. The molecule has 0 aliphatic carbocycles. The fraction of sp³-hybridized carbons (Fsp3) is 0.250. The molecule has 31 heavy (non-hydrogen) atoms. The van der Waals surface area contributed by atoms with Crippen LogP contribution >= 0.6 is 23.2 Å². The molecular formula is C24H27Cl2N3O2. The van der Waals surface area contributed by atoms with E-state index in [1.807, 2.05) is 57.2 Å². The lowest BCUT2D eigenvalue weighted by Crippen LogP contribution is -2.23. The number of nitrogens with two attached hydrogens (primary N) is 1. The molecule has 3 rings (SSSR count).